The van der Waals surface area contributed by atoms with Crippen LogP contribution in [0.15, 0.2) is 52.0 Å². The van der Waals surface area contributed by atoms with E-state index in [1.807, 2.05) is 12.1 Å². The number of ether oxygens (including phenoxy) is 1. The third-order valence-electron chi connectivity index (χ3n) is 5.03. The van der Waals surface area contributed by atoms with Crippen molar-refractivity contribution < 1.29 is 9.53 Å². The number of hydrogen-bond acceptors (Lipinski definition) is 4. The van der Waals surface area contributed by atoms with E-state index in [0.29, 0.717) is 11.3 Å². The van der Waals surface area contributed by atoms with Gasteiger partial charge in [0, 0.05) is 22.8 Å². The fourth-order valence-corrected chi connectivity index (χ4v) is 3.70. The molecule has 1 aliphatic heterocycles. The lowest BCUT2D eigenvalue weighted by molar-refractivity contribution is 0.0952. The van der Waals surface area contributed by atoms with Gasteiger partial charge in [-0.2, -0.15) is 5.10 Å². The number of anilines is 1. The maximum Gasteiger partial charge on any atom is 0.275 e. The van der Waals surface area contributed by atoms with E-state index in [1.165, 1.54) is 23.9 Å². The number of carbonyl (C=O) groups is 1. The molecule has 28 heavy (non-hydrogen) atoms. The van der Waals surface area contributed by atoms with Crippen LogP contribution < -0.4 is 15.1 Å². The molecule has 1 amide bonds. The fraction of sp³-hybridized carbons (Fsp3) is 0.273. The Morgan fingerprint density at radius 1 is 1.25 bits per heavy atom. The van der Waals surface area contributed by atoms with E-state index in [1.54, 1.807) is 18.3 Å². The fourth-order valence-electron chi connectivity index (χ4n) is 3.34. The summed E-state index contributed by atoms with van der Waals surface area (Å²) >= 11 is 3.37. The van der Waals surface area contributed by atoms with Gasteiger partial charge >= 0.3 is 0 Å². The number of rotatable bonds is 4. The van der Waals surface area contributed by atoms with Crippen LogP contribution in [0, 0.1) is 0 Å². The molecule has 0 unspecified atom stereocenters. The molecule has 2 aromatic carbocycles. The Labute approximate surface area is 174 Å². The van der Waals surface area contributed by atoms with Crippen molar-refractivity contribution in [2.45, 2.75) is 26.3 Å². The minimum absolute atomic E-state index is 0.0241. The zero-order chi connectivity index (χ0) is 20.5. The maximum absolute atomic E-state index is 12.4. The lowest BCUT2D eigenvalue weighted by Gasteiger charge is -2.40. The van der Waals surface area contributed by atoms with Gasteiger partial charge in [-0.3, -0.25) is 4.79 Å². The van der Waals surface area contributed by atoms with E-state index in [4.69, 9.17) is 4.74 Å². The smallest absolute Gasteiger partial charge is 0.275 e. The highest BCUT2D eigenvalue weighted by atomic mass is 79.9. The molecule has 0 atom stereocenters. The molecular formula is C22H24BrN3O2. The number of methoxy groups -OCH3 is 1. The molecule has 1 N–H and O–H groups in total. The largest absolute Gasteiger partial charge is 0.496 e. The average Bonchev–Trinajstić information content (AvgIpc) is 2.66. The van der Waals surface area contributed by atoms with Gasteiger partial charge in [-0.05, 0) is 62.2 Å². The number of allylic oxidation sites excluding steroid dienone is 1. The Bertz CT molecular complexity index is 980. The molecule has 0 aliphatic carbocycles. The molecule has 1 heterocycles. The van der Waals surface area contributed by atoms with E-state index < -0.39 is 0 Å². The summed E-state index contributed by atoms with van der Waals surface area (Å²) in [6.45, 7) is 6.51. The van der Waals surface area contributed by atoms with E-state index in [9.17, 15) is 4.79 Å². The van der Waals surface area contributed by atoms with Crippen molar-refractivity contribution in [3.63, 3.8) is 0 Å². The second-order valence-corrected chi connectivity index (χ2v) is 8.28. The van der Waals surface area contributed by atoms with Crippen LogP contribution in [0.5, 0.6) is 5.75 Å². The Morgan fingerprint density at radius 3 is 2.71 bits per heavy atom. The Kier molecular flexibility index (Phi) is 5.61. The van der Waals surface area contributed by atoms with Crippen molar-refractivity contribution in [1.29, 1.82) is 0 Å². The normalized spacial score (nSPS) is 15.2. The van der Waals surface area contributed by atoms with Crippen LogP contribution in [0.4, 0.5) is 5.69 Å². The van der Waals surface area contributed by atoms with Crippen molar-refractivity contribution >= 4 is 39.3 Å². The molecule has 0 spiro atoms. The number of benzene rings is 2. The first-order chi connectivity index (χ1) is 13.2. The van der Waals surface area contributed by atoms with Crippen molar-refractivity contribution in [2.75, 3.05) is 19.1 Å². The summed E-state index contributed by atoms with van der Waals surface area (Å²) in [5.74, 6) is 0.168. The number of hydrazone groups is 1. The molecule has 0 bridgehead atoms. The summed E-state index contributed by atoms with van der Waals surface area (Å²) in [7, 11) is 3.63. The second kappa shape index (κ2) is 7.80. The van der Waals surface area contributed by atoms with Crippen molar-refractivity contribution in [3.05, 3.63) is 63.6 Å². The van der Waals surface area contributed by atoms with E-state index >= 15 is 0 Å². The van der Waals surface area contributed by atoms with E-state index in [0.717, 1.165) is 10.0 Å². The summed E-state index contributed by atoms with van der Waals surface area (Å²) in [5, 5.41) is 4.12. The minimum Gasteiger partial charge on any atom is -0.496 e. The molecule has 146 valence electrons. The highest BCUT2D eigenvalue weighted by molar-refractivity contribution is 9.10. The number of fused-ring (bicyclic) bond motifs is 1. The first kappa shape index (κ1) is 20.1. The van der Waals surface area contributed by atoms with Gasteiger partial charge in [0.1, 0.15) is 5.75 Å². The van der Waals surface area contributed by atoms with Crippen LogP contribution in [0.2, 0.25) is 0 Å². The first-order valence-corrected chi connectivity index (χ1v) is 9.77. The molecule has 3 rings (SSSR count). The standard InChI is InChI=1S/C22H24BrN3O2/c1-14-12-22(2,3)26(4)19-8-6-15(10-17(14)19)13-24-25-21(27)18-11-16(23)7-9-20(18)28-5/h6-13H,1-5H3,(H,25,27)/b24-13+. The SMILES string of the molecule is COc1ccc(Br)cc1C(=O)N/N=C/c1ccc2c(c1)C(C)=CC(C)(C)N2C. The van der Waals surface area contributed by atoms with Gasteiger partial charge in [0.2, 0.25) is 0 Å². The summed E-state index contributed by atoms with van der Waals surface area (Å²) in [5.41, 5.74) is 7.47. The predicted octanol–water partition coefficient (Wildman–Crippen LogP) is 4.85. The van der Waals surface area contributed by atoms with Gasteiger partial charge < -0.3 is 9.64 Å². The number of likely N-dealkylation sites (N-methyl/N-ethyl adjacent to an activating group) is 1. The average molecular weight is 442 g/mol. The van der Waals surface area contributed by atoms with Crippen molar-refractivity contribution in [1.82, 2.24) is 5.43 Å². The van der Waals surface area contributed by atoms with Gasteiger partial charge in [-0.1, -0.05) is 28.1 Å². The van der Waals surface area contributed by atoms with Crippen LogP contribution in [-0.4, -0.2) is 31.8 Å². The summed E-state index contributed by atoms with van der Waals surface area (Å²) < 4.78 is 6.04. The molecule has 0 aromatic heterocycles. The highest BCUT2D eigenvalue weighted by Crippen LogP contribution is 2.37. The van der Waals surface area contributed by atoms with Gasteiger partial charge in [0.15, 0.2) is 0 Å². The molecule has 5 nitrogen and oxygen atoms in total. The number of halogens is 1. The summed E-state index contributed by atoms with van der Waals surface area (Å²) in [6.07, 6.45) is 3.91. The zero-order valence-corrected chi connectivity index (χ0v) is 18.3. The van der Waals surface area contributed by atoms with Crippen LogP contribution in [0.25, 0.3) is 5.57 Å². The minimum atomic E-state index is -0.329. The number of carbonyl (C=O) groups excluding carboxylic acids is 1. The monoisotopic (exact) mass is 441 g/mol. The van der Waals surface area contributed by atoms with Gasteiger partial charge in [-0.15, -0.1) is 0 Å². The molecule has 0 radical (unpaired) electrons. The number of nitrogens with one attached hydrogen (secondary N) is 1. The molecule has 0 saturated carbocycles. The number of nitrogens with zero attached hydrogens (tertiary/aromatic N) is 2. The van der Waals surface area contributed by atoms with Gasteiger partial charge in [0.05, 0.1) is 24.4 Å². The van der Waals surface area contributed by atoms with E-state index in [2.05, 4.69) is 77.4 Å². The molecule has 0 saturated heterocycles. The third kappa shape index (κ3) is 3.97. The maximum atomic E-state index is 12.4. The van der Waals surface area contributed by atoms with Crippen molar-refractivity contribution in [3.8, 4) is 5.75 Å². The predicted molar refractivity (Wildman–Crippen MR) is 118 cm³/mol. The third-order valence-corrected chi connectivity index (χ3v) is 5.52. The molecule has 2 aromatic rings. The molecule has 0 fully saturated rings. The van der Waals surface area contributed by atoms with Crippen LogP contribution >= 0.6 is 15.9 Å². The van der Waals surface area contributed by atoms with Crippen LogP contribution in [0.3, 0.4) is 0 Å². The quantitative estimate of drug-likeness (QED) is 0.544. The second-order valence-electron chi connectivity index (χ2n) is 7.36. The Morgan fingerprint density at radius 2 is 2.00 bits per heavy atom. The molecule has 1 aliphatic rings. The van der Waals surface area contributed by atoms with E-state index in [-0.39, 0.29) is 11.4 Å². The van der Waals surface area contributed by atoms with Crippen LogP contribution in [-0.2, 0) is 0 Å². The van der Waals surface area contributed by atoms with Crippen LogP contribution in [0.1, 0.15) is 42.3 Å². The Hall–Kier alpha value is -2.60. The van der Waals surface area contributed by atoms with Crippen molar-refractivity contribution in [2.24, 2.45) is 5.10 Å². The molecular weight excluding hydrogens is 418 g/mol. The Balaban J connectivity index is 1.79. The highest BCUT2D eigenvalue weighted by Gasteiger charge is 2.28. The van der Waals surface area contributed by atoms with Gasteiger partial charge in [-0.25, -0.2) is 5.43 Å². The lowest BCUT2D eigenvalue weighted by Crippen LogP contribution is -2.42. The summed E-state index contributed by atoms with van der Waals surface area (Å²) in [6, 6.07) is 11.4. The zero-order valence-electron chi connectivity index (χ0n) is 16.7. The number of amides is 1. The topological polar surface area (TPSA) is 53.9 Å². The first-order valence-electron chi connectivity index (χ1n) is 8.97. The summed E-state index contributed by atoms with van der Waals surface area (Å²) in [4.78, 5) is 14.7. The molecule has 6 heteroatoms. The number of hydrogen-bond donors (Lipinski definition) is 1. The van der Waals surface area contributed by atoms with Gasteiger partial charge in [0.25, 0.3) is 5.91 Å². The lowest BCUT2D eigenvalue weighted by atomic mass is 9.89.